The Bertz CT molecular complexity index is 893. The van der Waals surface area contributed by atoms with Gasteiger partial charge in [0.2, 0.25) is 0 Å². The minimum absolute atomic E-state index is 0.0168. The number of carbonyl (C=O) groups is 1. The summed E-state index contributed by atoms with van der Waals surface area (Å²) in [5.74, 6) is -0.634. The molecule has 1 atom stereocenters. The van der Waals surface area contributed by atoms with E-state index in [1.54, 1.807) is 30.3 Å². The molecule has 0 fully saturated rings. The summed E-state index contributed by atoms with van der Waals surface area (Å²) in [6.45, 7) is 0.507. The highest BCUT2D eigenvalue weighted by Gasteiger charge is 2.25. The van der Waals surface area contributed by atoms with Crippen LogP contribution >= 0.6 is 12.2 Å². The molecule has 2 aromatic rings. The topological polar surface area (TPSA) is 74.2 Å². The molecule has 0 aromatic heterocycles. The van der Waals surface area contributed by atoms with E-state index in [-0.39, 0.29) is 18.5 Å². The molecule has 0 aliphatic heterocycles. The number of benzene rings is 2. The number of ether oxygens (including phenoxy) is 1. The number of nitrogens with zero attached hydrogens (tertiary/aromatic N) is 1. The van der Waals surface area contributed by atoms with Crippen molar-refractivity contribution in [3.8, 4) is 6.07 Å². The zero-order chi connectivity index (χ0) is 19.2. The number of hydrogen-bond donors (Lipinski definition) is 2. The molecule has 7 heteroatoms. The van der Waals surface area contributed by atoms with E-state index in [9.17, 15) is 9.18 Å². The second-order valence-corrected chi connectivity index (χ2v) is 6.53. The molecule has 27 heavy (non-hydrogen) atoms. The fraction of sp³-hybridized carbons (Fsp3) is 0.250. The number of thiocarbonyl (C=S) groups is 1. The highest BCUT2D eigenvalue weighted by molar-refractivity contribution is 7.80. The highest BCUT2D eigenvalue weighted by atomic mass is 32.1. The molecule has 1 aliphatic rings. The fourth-order valence-corrected chi connectivity index (χ4v) is 3.29. The number of hydrogen-bond acceptors (Lipinski definition) is 4. The molecule has 0 amide bonds. The Hall–Kier alpha value is -2.98. The first-order valence-corrected chi connectivity index (χ1v) is 8.98. The highest BCUT2D eigenvalue weighted by Crippen LogP contribution is 2.32. The Balaban J connectivity index is 1.41. The first-order valence-electron chi connectivity index (χ1n) is 8.57. The molecule has 0 saturated heterocycles. The molecule has 138 valence electrons. The second-order valence-electron chi connectivity index (χ2n) is 6.12. The van der Waals surface area contributed by atoms with Crippen molar-refractivity contribution in [3.05, 3.63) is 70.5 Å². The maximum Gasteiger partial charge on any atom is 0.338 e. The number of halogens is 1. The van der Waals surface area contributed by atoms with Crippen LogP contribution in [0.5, 0.6) is 0 Å². The Morgan fingerprint density at radius 1 is 1.30 bits per heavy atom. The van der Waals surface area contributed by atoms with Crippen LogP contribution in [0.15, 0.2) is 42.5 Å². The van der Waals surface area contributed by atoms with Crippen molar-refractivity contribution in [3.63, 3.8) is 0 Å². The first kappa shape index (κ1) is 18.8. The molecule has 3 rings (SSSR count). The van der Waals surface area contributed by atoms with Crippen molar-refractivity contribution in [2.75, 3.05) is 13.2 Å². The summed E-state index contributed by atoms with van der Waals surface area (Å²) >= 11 is 5.27. The SMILES string of the molecule is N#Cc1ccc(C(=O)OCCNC(=S)NC2CCc3c(F)cccc32)cc1. The lowest BCUT2D eigenvalue weighted by molar-refractivity contribution is 0.0512. The molecule has 0 radical (unpaired) electrons. The summed E-state index contributed by atoms with van der Waals surface area (Å²) in [6.07, 6.45) is 1.47. The van der Waals surface area contributed by atoms with Crippen LogP contribution in [-0.2, 0) is 11.2 Å². The van der Waals surface area contributed by atoms with E-state index in [0.29, 0.717) is 29.2 Å². The molecular weight excluding hydrogens is 365 g/mol. The smallest absolute Gasteiger partial charge is 0.338 e. The van der Waals surface area contributed by atoms with Crippen LogP contribution in [0.25, 0.3) is 0 Å². The van der Waals surface area contributed by atoms with Crippen LogP contribution in [0.2, 0.25) is 0 Å². The van der Waals surface area contributed by atoms with Gasteiger partial charge >= 0.3 is 5.97 Å². The molecule has 0 bridgehead atoms. The molecule has 5 nitrogen and oxygen atoms in total. The van der Waals surface area contributed by atoms with Crippen molar-refractivity contribution >= 4 is 23.3 Å². The molecule has 0 spiro atoms. The Morgan fingerprint density at radius 3 is 2.81 bits per heavy atom. The third kappa shape index (κ3) is 4.60. The minimum Gasteiger partial charge on any atom is -0.460 e. The zero-order valence-electron chi connectivity index (χ0n) is 14.5. The van der Waals surface area contributed by atoms with Gasteiger partial charge in [0.15, 0.2) is 5.11 Å². The van der Waals surface area contributed by atoms with Crippen molar-refractivity contribution in [1.29, 1.82) is 5.26 Å². The number of fused-ring (bicyclic) bond motifs is 1. The van der Waals surface area contributed by atoms with Gasteiger partial charge < -0.3 is 15.4 Å². The molecule has 0 heterocycles. The predicted octanol–water partition coefficient (Wildman–Crippen LogP) is 3.01. The van der Waals surface area contributed by atoms with E-state index in [1.807, 2.05) is 12.1 Å². The number of nitrogens with one attached hydrogen (secondary N) is 2. The molecule has 1 unspecified atom stereocenters. The third-order valence-corrected chi connectivity index (χ3v) is 4.65. The summed E-state index contributed by atoms with van der Waals surface area (Å²) in [7, 11) is 0. The van der Waals surface area contributed by atoms with E-state index in [2.05, 4.69) is 10.6 Å². The summed E-state index contributed by atoms with van der Waals surface area (Å²) in [5, 5.41) is 15.4. The van der Waals surface area contributed by atoms with E-state index in [0.717, 1.165) is 17.5 Å². The largest absolute Gasteiger partial charge is 0.460 e. The fourth-order valence-electron chi connectivity index (χ4n) is 3.04. The minimum atomic E-state index is -0.458. The van der Waals surface area contributed by atoms with Gasteiger partial charge in [-0.2, -0.15) is 5.26 Å². The number of nitriles is 1. The van der Waals surface area contributed by atoms with E-state index < -0.39 is 5.97 Å². The lowest BCUT2D eigenvalue weighted by Crippen LogP contribution is -2.38. The summed E-state index contributed by atoms with van der Waals surface area (Å²) in [5.41, 5.74) is 2.55. The number of carbonyl (C=O) groups excluding carboxylic acids is 1. The van der Waals surface area contributed by atoms with Gasteiger partial charge in [0.25, 0.3) is 0 Å². The van der Waals surface area contributed by atoms with Gasteiger partial charge in [-0.15, -0.1) is 0 Å². The van der Waals surface area contributed by atoms with Crippen LogP contribution in [0.4, 0.5) is 4.39 Å². The lowest BCUT2D eigenvalue weighted by Gasteiger charge is -2.17. The molecule has 1 aliphatic carbocycles. The number of rotatable bonds is 5. The van der Waals surface area contributed by atoms with Gasteiger partial charge in [0.1, 0.15) is 12.4 Å². The first-order chi connectivity index (χ1) is 13.1. The van der Waals surface area contributed by atoms with Crippen LogP contribution in [0, 0.1) is 17.1 Å². The maximum atomic E-state index is 13.8. The van der Waals surface area contributed by atoms with Gasteiger partial charge in [-0.25, -0.2) is 9.18 Å². The molecule has 2 aromatic carbocycles. The Kier molecular flexibility index (Phi) is 5.99. The van der Waals surface area contributed by atoms with E-state index in [1.165, 1.54) is 6.07 Å². The standard InChI is InChI=1S/C20H18FN3O2S/c21-17-3-1-2-16-15(17)8-9-18(16)24-20(27)23-10-11-26-19(25)14-6-4-13(12-22)5-7-14/h1-7,18H,8-11H2,(H2,23,24,27). The van der Waals surface area contributed by atoms with Gasteiger partial charge in [0.05, 0.1) is 29.8 Å². The van der Waals surface area contributed by atoms with Gasteiger partial charge in [-0.1, -0.05) is 12.1 Å². The quantitative estimate of drug-likeness (QED) is 0.470. The van der Waals surface area contributed by atoms with Crippen LogP contribution in [0.1, 0.15) is 39.5 Å². The lowest BCUT2D eigenvalue weighted by atomic mass is 10.1. The van der Waals surface area contributed by atoms with Crippen LogP contribution in [0.3, 0.4) is 0 Å². The zero-order valence-corrected chi connectivity index (χ0v) is 15.3. The average Bonchev–Trinajstić information content (AvgIpc) is 3.09. The van der Waals surface area contributed by atoms with Crippen molar-refractivity contribution in [2.24, 2.45) is 0 Å². The van der Waals surface area contributed by atoms with Crippen molar-refractivity contribution < 1.29 is 13.9 Å². The second kappa shape index (κ2) is 8.60. The third-order valence-electron chi connectivity index (χ3n) is 4.39. The monoisotopic (exact) mass is 383 g/mol. The normalized spacial score (nSPS) is 14.7. The van der Waals surface area contributed by atoms with Gasteiger partial charge in [-0.3, -0.25) is 0 Å². The summed E-state index contributed by atoms with van der Waals surface area (Å²) in [4.78, 5) is 11.9. The van der Waals surface area contributed by atoms with E-state index >= 15 is 0 Å². The molecule has 0 saturated carbocycles. The van der Waals surface area contributed by atoms with Crippen LogP contribution < -0.4 is 10.6 Å². The Morgan fingerprint density at radius 2 is 2.07 bits per heavy atom. The molecular formula is C20H18FN3O2S. The maximum absolute atomic E-state index is 13.8. The van der Waals surface area contributed by atoms with E-state index in [4.69, 9.17) is 22.2 Å². The average molecular weight is 383 g/mol. The van der Waals surface area contributed by atoms with Gasteiger partial charge in [-0.05, 0) is 66.5 Å². The number of esters is 1. The summed E-state index contributed by atoms with van der Waals surface area (Å²) in [6, 6.07) is 13.3. The van der Waals surface area contributed by atoms with Gasteiger partial charge in [0, 0.05) is 0 Å². The van der Waals surface area contributed by atoms with Crippen LogP contribution in [-0.4, -0.2) is 24.2 Å². The molecule has 2 N–H and O–H groups in total. The predicted molar refractivity (Wildman–Crippen MR) is 103 cm³/mol. The summed E-state index contributed by atoms with van der Waals surface area (Å²) < 4.78 is 18.9. The van der Waals surface area contributed by atoms with Crippen molar-refractivity contribution in [1.82, 2.24) is 10.6 Å². The Labute approximate surface area is 162 Å². The van der Waals surface area contributed by atoms with Crippen molar-refractivity contribution in [2.45, 2.75) is 18.9 Å².